The summed E-state index contributed by atoms with van der Waals surface area (Å²) in [5.74, 6) is -0.972. The third-order valence-electron chi connectivity index (χ3n) is 2.43. The minimum absolute atomic E-state index is 0. The van der Waals surface area contributed by atoms with E-state index in [-0.39, 0.29) is 19.5 Å². The standard InChI is InChI=1S/C11H12N2O2.Zn/c12-9(11(14)15)5-7-6-13-10-4-2-1-3-8(7)10;/h1-4,6,9,13H,5,12H2,(H,14,15);/t9-;/m1./s1. The van der Waals surface area contributed by atoms with Gasteiger partial charge in [-0.3, -0.25) is 4.79 Å². The largest absolute Gasteiger partial charge is 0.480 e. The van der Waals surface area contributed by atoms with Crippen LogP contribution in [0, 0.1) is 0 Å². The molecule has 80 valence electrons. The Labute approximate surface area is 106 Å². The molecule has 5 heteroatoms. The van der Waals surface area contributed by atoms with Gasteiger partial charge in [0.25, 0.3) is 0 Å². The number of nitrogens with two attached hydrogens (primary N) is 1. The molecule has 0 bridgehead atoms. The van der Waals surface area contributed by atoms with Crippen LogP contribution in [-0.4, -0.2) is 22.1 Å². The number of para-hydroxylation sites is 1. The number of hydrogen-bond donors (Lipinski definition) is 3. The summed E-state index contributed by atoms with van der Waals surface area (Å²) in [5.41, 5.74) is 7.43. The normalized spacial score (nSPS) is 12.1. The van der Waals surface area contributed by atoms with Gasteiger partial charge in [0.05, 0.1) is 0 Å². The van der Waals surface area contributed by atoms with E-state index < -0.39 is 12.0 Å². The number of fused-ring (bicyclic) bond motifs is 1. The van der Waals surface area contributed by atoms with E-state index in [9.17, 15) is 4.79 Å². The van der Waals surface area contributed by atoms with Crippen LogP contribution in [0.4, 0.5) is 0 Å². The van der Waals surface area contributed by atoms with E-state index in [0.29, 0.717) is 6.42 Å². The fourth-order valence-corrected chi connectivity index (χ4v) is 1.62. The van der Waals surface area contributed by atoms with Gasteiger partial charge in [0, 0.05) is 43.0 Å². The Bertz CT molecular complexity index is 495. The summed E-state index contributed by atoms with van der Waals surface area (Å²) >= 11 is 0. The van der Waals surface area contributed by atoms with E-state index in [1.165, 1.54) is 0 Å². The van der Waals surface area contributed by atoms with E-state index in [1.54, 1.807) is 0 Å². The number of carboxylic acid groups (broad SMARTS) is 1. The number of H-pyrrole nitrogens is 1. The molecule has 1 heterocycles. The van der Waals surface area contributed by atoms with E-state index in [1.807, 2.05) is 30.5 Å². The van der Waals surface area contributed by atoms with E-state index in [0.717, 1.165) is 16.5 Å². The van der Waals surface area contributed by atoms with Crippen LogP contribution in [0.15, 0.2) is 30.5 Å². The molecule has 0 spiro atoms. The number of carbonyl (C=O) groups is 1. The molecule has 0 unspecified atom stereocenters. The molecule has 4 nitrogen and oxygen atoms in total. The molecular formula is C11H12N2O2Zn. The van der Waals surface area contributed by atoms with E-state index in [2.05, 4.69) is 4.98 Å². The molecule has 2 rings (SSSR count). The molecule has 0 amide bonds. The first-order valence-corrected chi connectivity index (χ1v) is 4.72. The zero-order valence-corrected chi connectivity index (χ0v) is 11.8. The number of aromatic amines is 1. The summed E-state index contributed by atoms with van der Waals surface area (Å²) in [6, 6.07) is 6.91. The molecule has 1 aromatic carbocycles. The molecule has 2 aromatic rings. The van der Waals surface area contributed by atoms with Crippen LogP contribution < -0.4 is 5.73 Å². The van der Waals surface area contributed by atoms with Crippen LogP contribution in [0.2, 0.25) is 0 Å². The maximum absolute atomic E-state index is 10.6. The molecule has 0 saturated carbocycles. The Morgan fingerprint density at radius 3 is 2.81 bits per heavy atom. The first-order chi connectivity index (χ1) is 7.18. The molecule has 1 aromatic heterocycles. The first-order valence-electron chi connectivity index (χ1n) is 4.72. The summed E-state index contributed by atoms with van der Waals surface area (Å²) in [4.78, 5) is 13.7. The smallest absolute Gasteiger partial charge is 0.320 e. The maximum atomic E-state index is 10.6. The Balaban J connectivity index is 0.00000128. The average Bonchev–Trinajstić information content (AvgIpc) is 2.62. The molecule has 4 N–H and O–H groups in total. The number of carboxylic acids is 1. The predicted octanol–water partition coefficient (Wildman–Crippen LogP) is 1.12. The SMILES string of the molecule is N[C@H](Cc1c[nH]c2ccccc12)C(=O)O.[Zn]. The zero-order chi connectivity index (χ0) is 10.8. The molecular weight excluding hydrogens is 258 g/mol. The number of benzene rings is 1. The Morgan fingerprint density at radius 1 is 1.44 bits per heavy atom. The fourth-order valence-electron chi connectivity index (χ4n) is 1.62. The quantitative estimate of drug-likeness (QED) is 0.731. The summed E-state index contributed by atoms with van der Waals surface area (Å²) in [7, 11) is 0. The monoisotopic (exact) mass is 268 g/mol. The van der Waals surface area contributed by atoms with Crippen molar-refractivity contribution in [2.45, 2.75) is 12.5 Å². The summed E-state index contributed by atoms with van der Waals surface area (Å²) in [6.07, 6.45) is 2.16. The van der Waals surface area contributed by atoms with E-state index >= 15 is 0 Å². The van der Waals surface area contributed by atoms with Gasteiger partial charge in [-0.15, -0.1) is 0 Å². The molecule has 0 fully saturated rings. The maximum Gasteiger partial charge on any atom is 0.320 e. The van der Waals surface area contributed by atoms with Crippen molar-refractivity contribution in [1.29, 1.82) is 0 Å². The van der Waals surface area contributed by atoms with Gasteiger partial charge < -0.3 is 15.8 Å². The Kier molecular flexibility index (Phi) is 4.21. The van der Waals surface area contributed by atoms with Gasteiger partial charge >= 0.3 is 5.97 Å². The Morgan fingerprint density at radius 2 is 2.12 bits per heavy atom. The second kappa shape index (κ2) is 5.24. The number of rotatable bonds is 3. The zero-order valence-electron chi connectivity index (χ0n) is 8.81. The Hall–Kier alpha value is -1.19. The van der Waals surface area contributed by atoms with Crippen molar-refractivity contribution in [3.8, 4) is 0 Å². The summed E-state index contributed by atoms with van der Waals surface area (Å²) in [5, 5.41) is 9.75. The molecule has 0 aliphatic heterocycles. The second-order valence-corrected chi connectivity index (χ2v) is 3.51. The molecule has 1 atom stereocenters. The average molecular weight is 270 g/mol. The third-order valence-corrected chi connectivity index (χ3v) is 2.43. The molecule has 0 radical (unpaired) electrons. The van der Waals surface area contributed by atoms with Crippen LogP contribution >= 0.6 is 0 Å². The fraction of sp³-hybridized carbons (Fsp3) is 0.182. The first kappa shape index (κ1) is 12.9. The topological polar surface area (TPSA) is 79.1 Å². The van der Waals surface area contributed by atoms with Gasteiger partial charge in [0.2, 0.25) is 0 Å². The van der Waals surface area contributed by atoms with Crippen molar-refractivity contribution in [2.24, 2.45) is 5.73 Å². The van der Waals surface area contributed by atoms with Gasteiger partial charge in [-0.1, -0.05) is 18.2 Å². The van der Waals surface area contributed by atoms with Crippen molar-refractivity contribution in [1.82, 2.24) is 4.98 Å². The molecule has 0 aliphatic rings. The summed E-state index contributed by atoms with van der Waals surface area (Å²) in [6.45, 7) is 0. The van der Waals surface area contributed by atoms with Crippen LogP contribution in [0.3, 0.4) is 0 Å². The van der Waals surface area contributed by atoms with Gasteiger partial charge in [-0.05, 0) is 11.6 Å². The second-order valence-electron chi connectivity index (χ2n) is 3.51. The third kappa shape index (κ3) is 2.49. The van der Waals surface area contributed by atoms with Gasteiger partial charge in [0.15, 0.2) is 0 Å². The van der Waals surface area contributed by atoms with Crippen molar-refractivity contribution in [2.75, 3.05) is 0 Å². The van der Waals surface area contributed by atoms with Crippen LogP contribution in [-0.2, 0) is 30.7 Å². The molecule has 16 heavy (non-hydrogen) atoms. The minimum Gasteiger partial charge on any atom is -0.480 e. The van der Waals surface area contributed by atoms with Crippen LogP contribution in [0.25, 0.3) is 10.9 Å². The van der Waals surface area contributed by atoms with Gasteiger partial charge in [-0.25, -0.2) is 0 Å². The van der Waals surface area contributed by atoms with E-state index in [4.69, 9.17) is 10.8 Å². The minimum atomic E-state index is -0.972. The number of aromatic nitrogens is 1. The molecule has 0 saturated heterocycles. The van der Waals surface area contributed by atoms with Crippen LogP contribution in [0.1, 0.15) is 5.56 Å². The van der Waals surface area contributed by atoms with Crippen molar-refractivity contribution in [3.63, 3.8) is 0 Å². The van der Waals surface area contributed by atoms with Gasteiger partial charge in [0.1, 0.15) is 6.04 Å². The predicted molar refractivity (Wildman–Crippen MR) is 57.6 cm³/mol. The summed E-state index contributed by atoms with van der Waals surface area (Å²) < 4.78 is 0. The van der Waals surface area contributed by atoms with Crippen molar-refractivity contribution < 1.29 is 29.4 Å². The number of aliphatic carboxylic acids is 1. The number of hydrogen-bond acceptors (Lipinski definition) is 2. The van der Waals surface area contributed by atoms with Gasteiger partial charge in [-0.2, -0.15) is 0 Å². The number of nitrogens with one attached hydrogen (secondary N) is 1. The van der Waals surface area contributed by atoms with Crippen LogP contribution in [0.5, 0.6) is 0 Å². The van der Waals surface area contributed by atoms with Crippen molar-refractivity contribution >= 4 is 16.9 Å². The van der Waals surface area contributed by atoms with Crippen molar-refractivity contribution in [3.05, 3.63) is 36.0 Å². The molecule has 0 aliphatic carbocycles.